The van der Waals surface area contributed by atoms with Crippen LogP contribution in [0.4, 0.5) is 14.6 Å². The van der Waals surface area contributed by atoms with Gasteiger partial charge in [-0.05, 0) is 72.9 Å². The highest BCUT2D eigenvalue weighted by molar-refractivity contribution is 7.97. The van der Waals surface area contributed by atoms with Crippen LogP contribution in [0.3, 0.4) is 0 Å². The number of unbranched alkanes of at least 4 members (excludes halogenated alkanes) is 2. The molecule has 4 nitrogen and oxygen atoms in total. The Labute approximate surface area is 190 Å². The Bertz CT molecular complexity index is 1040. The van der Waals surface area contributed by atoms with Gasteiger partial charge in [0.1, 0.15) is 22.6 Å². The molecule has 3 aromatic rings. The highest BCUT2D eigenvalue weighted by atomic mass is 35.5. The number of ether oxygens (including phenoxy) is 1. The summed E-state index contributed by atoms with van der Waals surface area (Å²) in [6.07, 6.45) is 6.22. The number of nitrogen functional groups attached to an aromatic ring is 1. The van der Waals surface area contributed by atoms with E-state index in [1.165, 1.54) is 18.2 Å². The molecular formula is C23H24ClF2N3OS. The van der Waals surface area contributed by atoms with Crippen molar-refractivity contribution in [2.75, 3.05) is 18.6 Å². The standard InChI is InChI=1S/C23H24ClF2N3OS/c1-31-14-15-9-21(24)29-23(10-15)30-8-4-2-3-5-16-11-17(25)6-7-18(16)19-12-22(27)28-13-20(19)26/h6-7,9-13H,2-5,8,14H2,1H3,(H2,27,28). The molecule has 3 rings (SSSR count). The van der Waals surface area contributed by atoms with Crippen LogP contribution < -0.4 is 10.5 Å². The monoisotopic (exact) mass is 463 g/mol. The molecule has 0 aliphatic carbocycles. The van der Waals surface area contributed by atoms with E-state index in [9.17, 15) is 8.78 Å². The number of benzene rings is 1. The average molecular weight is 464 g/mol. The van der Waals surface area contributed by atoms with E-state index in [-0.39, 0.29) is 11.6 Å². The van der Waals surface area contributed by atoms with Gasteiger partial charge >= 0.3 is 0 Å². The Balaban J connectivity index is 1.54. The zero-order valence-corrected chi connectivity index (χ0v) is 18.8. The third-order valence-electron chi connectivity index (χ3n) is 4.72. The van der Waals surface area contributed by atoms with Crippen LogP contribution in [0, 0.1) is 11.6 Å². The van der Waals surface area contributed by atoms with Gasteiger partial charge in [0.25, 0.3) is 0 Å². The Morgan fingerprint density at radius 3 is 2.71 bits per heavy atom. The summed E-state index contributed by atoms with van der Waals surface area (Å²) in [4.78, 5) is 7.95. The van der Waals surface area contributed by atoms with Crippen LogP contribution in [0.15, 0.2) is 42.6 Å². The maximum Gasteiger partial charge on any atom is 0.214 e. The second-order valence-corrected chi connectivity index (χ2v) is 8.37. The number of thioether (sulfide) groups is 1. The van der Waals surface area contributed by atoms with Crippen molar-refractivity contribution in [3.8, 4) is 17.0 Å². The minimum absolute atomic E-state index is 0.221. The minimum Gasteiger partial charge on any atom is -0.478 e. The topological polar surface area (TPSA) is 61.0 Å². The lowest BCUT2D eigenvalue weighted by Gasteiger charge is -2.12. The lowest BCUT2D eigenvalue weighted by Crippen LogP contribution is -2.01. The Hall–Kier alpha value is -2.38. The van der Waals surface area contributed by atoms with Gasteiger partial charge in [-0.2, -0.15) is 11.8 Å². The Morgan fingerprint density at radius 1 is 1.06 bits per heavy atom. The predicted octanol–water partition coefficient (Wildman–Crippen LogP) is 6.31. The lowest BCUT2D eigenvalue weighted by molar-refractivity contribution is 0.294. The first kappa shape index (κ1) is 23.3. The summed E-state index contributed by atoms with van der Waals surface area (Å²) >= 11 is 7.75. The number of hydrogen-bond donors (Lipinski definition) is 1. The summed E-state index contributed by atoms with van der Waals surface area (Å²) in [5.74, 6) is 0.759. The maximum absolute atomic E-state index is 14.2. The molecule has 0 atom stereocenters. The lowest BCUT2D eigenvalue weighted by atomic mass is 9.96. The Morgan fingerprint density at radius 2 is 1.90 bits per heavy atom. The van der Waals surface area contributed by atoms with Gasteiger partial charge in [-0.25, -0.2) is 18.7 Å². The number of nitrogens with two attached hydrogens (primary N) is 1. The van der Waals surface area contributed by atoms with Crippen molar-refractivity contribution in [2.45, 2.75) is 31.4 Å². The van der Waals surface area contributed by atoms with Crippen LogP contribution in [0.25, 0.3) is 11.1 Å². The third kappa shape index (κ3) is 6.80. The van der Waals surface area contributed by atoms with Crippen molar-refractivity contribution >= 4 is 29.2 Å². The summed E-state index contributed by atoms with van der Waals surface area (Å²) in [6, 6.07) is 9.57. The maximum atomic E-state index is 14.2. The van der Waals surface area contributed by atoms with Gasteiger partial charge in [-0.15, -0.1) is 0 Å². The van der Waals surface area contributed by atoms with Crippen LogP contribution in [0.5, 0.6) is 5.88 Å². The largest absolute Gasteiger partial charge is 0.478 e. The number of rotatable bonds is 10. The summed E-state index contributed by atoms with van der Waals surface area (Å²) < 4.78 is 33.8. The van der Waals surface area contributed by atoms with Crippen LogP contribution in [-0.4, -0.2) is 22.8 Å². The van der Waals surface area contributed by atoms with E-state index < -0.39 is 5.82 Å². The first-order chi connectivity index (χ1) is 15.0. The molecule has 0 radical (unpaired) electrons. The molecule has 0 bridgehead atoms. The highest BCUT2D eigenvalue weighted by Crippen LogP contribution is 2.29. The van der Waals surface area contributed by atoms with E-state index in [1.807, 2.05) is 18.4 Å². The van der Waals surface area contributed by atoms with E-state index in [4.69, 9.17) is 22.1 Å². The van der Waals surface area contributed by atoms with Crippen LogP contribution in [-0.2, 0) is 12.2 Å². The van der Waals surface area contributed by atoms with Gasteiger partial charge < -0.3 is 10.5 Å². The number of aryl methyl sites for hydroxylation is 1. The number of hydrogen-bond acceptors (Lipinski definition) is 5. The van der Waals surface area contributed by atoms with E-state index in [1.54, 1.807) is 17.8 Å². The molecule has 2 N–H and O–H groups in total. The normalized spacial score (nSPS) is 11.0. The van der Waals surface area contributed by atoms with Crippen molar-refractivity contribution in [1.82, 2.24) is 9.97 Å². The molecule has 0 aliphatic heterocycles. The molecule has 1 aromatic carbocycles. The molecule has 8 heteroatoms. The highest BCUT2D eigenvalue weighted by Gasteiger charge is 2.12. The molecule has 0 aliphatic rings. The summed E-state index contributed by atoms with van der Waals surface area (Å²) in [7, 11) is 0. The molecule has 0 fully saturated rings. The molecule has 31 heavy (non-hydrogen) atoms. The molecule has 164 valence electrons. The van der Waals surface area contributed by atoms with Gasteiger partial charge in [0, 0.05) is 17.4 Å². The predicted molar refractivity (Wildman–Crippen MR) is 124 cm³/mol. The second kappa shape index (κ2) is 11.3. The summed E-state index contributed by atoms with van der Waals surface area (Å²) in [5.41, 5.74) is 8.48. The number of nitrogens with zero attached hydrogens (tertiary/aromatic N) is 2. The van der Waals surface area contributed by atoms with E-state index in [0.717, 1.165) is 42.3 Å². The first-order valence-corrected chi connectivity index (χ1v) is 11.7. The molecule has 0 spiro atoms. The van der Waals surface area contributed by atoms with Crippen molar-refractivity contribution in [1.29, 1.82) is 0 Å². The fourth-order valence-electron chi connectivity index (χ4n) is 3.31. The zero-order chi connectivity index (χ0) is 22.2. The van der Waals surface area contributed by atoms with Crippen molar-refractivity contribution in [3.63, 3.8) is 0 Å². The summed E-state index contributed by atoms with van der Waals surface area (Å²) in [6.45, 7) is 0.511. The first-order valence-electron chi connectivity index (χ1n) is 9.94. The van der Waals surface area contributed by atoms with Crippen molar-refractivity contribution in [3.05, 3.63) is 70.5 Å². The molecular weight excluding hydrogens is 440 g/mol. The minimum atomic E-state index is -0.481. The third-order valence-corrected chi connectivity index (χ3v) is 5.53. The van der Waals surface area contributed by atoms with Crippen LogP contribution in [0.1, 0.15) is 30.4 Å². The number of halogens is 3. The second-order valence-electron chi connectivity index (χ2n) is 7.12. The fourth-order valence-corrected chi connectivity index (χ4v) is 4.03. The molecule has 0 unspecified atom stereocenters. The number of aromatic nitrogens is 2. The van der Waals surface area contributed by atoms with E-state index >= 15 is 0 Å². The molecule has 2 heterocycles. The van der Waals surface area contributed by atoms with Gasteiger partial charge in [0.2, 0.25) is 5.88 Å². The fraction of sp³-hybridized carbons (Fsp3) is 0.304. The molecule has 2 aromatic heterocycles. The van der Waals surface area contributed by atoms with E-state index in [2.05, 4.69) is 9.97 Å². The summed E-state index contributed by atoms with van der Waals surface area (Å²) in [5, 5.41) is 0.421. The van der Waals surface area contributed by atoms with Crippen molar-refractivity contribution in [2.24, 2.45) is 0 Å². The van der Waals surface area contributed by atoms with E-state index in [0.29, 0.717) is 35.2 Å². The molecule has 0 saturated carbocycles. The van der Waals surface area contributed by atoms with Crippen molar-refractivity contribution < 1.29 is 13.5 Å². The smallest absolute Gasteiger partial charge is 0.214 e. The van der Waals surface area contributed by atoms with Crippen LogP contribution in [0.2, 0.25) is 5.15 Å². The van der Waals surface area contributed by atoms with Gasteiger partial charge in [0.15, 0.2) is 0 Å². The molecule has 0 amide bonds. The SMILES string of the molecule is CSCc1cc(Cl)nc(OCCCCCc2cc(F)ccc2-c2cc(N)ncc2F)c1. The van der Waals surface area contributed by atoms with Crippen LogP contribution >= 0.6 is 23.4 Å². The quantitative estimate of drug-likeness (QED) is 0.282. The number of anilines is 1. The average Bonchev–Trinajstić information content (AvgIpc) is 2.72. The zero-order valence-electron chi connectivity index (χ0n) is 17.2. The van der Waals surface area contributed by atoms with Gasteiger partial charge in [0.05, 0.1) is 12.8 Å². The van der Waals surface area contributed by atoms with Gasteiger partial charge in [-0.1, -0.05) is 17.7 Å². The Kier molecular flexibility index (Phi) is 8.49. The molecule has 0 saturated heterocycles. The van der Waals surface area contributed by atoms with Gasteiger partial charge in [-0.3, -0.25) is 0 Å². The number of pyridine rings is 2.